The number of aliphatic hydroxyl groups excluding tert-OH is 1. The molecule has 1 aromatic carbocycles. The third-order valence-corrected chi connectivity index (χ3v) is 3.42. The van der Waals surface area contributed by atoms with E-state index in [4.69, 9.17) is 39.9 Å². The molecule has 0 fully saturated rings. The lowest BCUT2D eigenvalue weighted by molar-refractivity contribution is 0.274. The van der Waals surface area contributed by atoms with Crippen molar-refractivity contribution in [2.45, 2.75) is 6.61 Å². The zero-order chi connectivity index (χ0) is 13.3. The Kier molecular flexibility index (Phi) is 4.07. The Balaban J connectivity index is 2.55. The van der Waals surface area contributed by atoms with Gasteiger partial charge in [0.2, 0.25) is 5.95 Å². The van der Waals surface area contributed by atoms with Crippen molar-refractivity contribution in [3.63, 3.8) is 0 Å². The lowest BCUT2D eigenvalue weighted by atomic mass is 10.1. The summed E-state index contributed by atoms with van der Waals surface area (Å²) in [6.07, 6.45) is 0. The van der Waals surface area contributed by atoms with Gasteiger partial charge >= 0.3 is 0 Å². The van der Waals surface area contributed by atoms with Crippen LogP contribution in [0.3, 0.4) is 0 Å². The zero-order valence-electron chi connectivity index (χ0n) is 8.92. The van der Waals surface area contributed by atoms with Gasteiger partial charge in [0.15, 0.2) is 0 Å². The Bertz CT molecular complexity index is 604. The molecule has 2 aromatic rings. The van der Waals surface area contributed by atoms with E-state index >= 15 is 0 Å². The van der Waals surface area contributed by atoms with Crippen LogP contribution >= 0.6 is 34.8 Å². The number of hydrogen-bond acceptors (Lipinski definition) is 2. The highest BCUT2D eigenvalue weighted by molar-refractivity contribution is 6.44. The fourth-order valence-corrected chi connectivity index (χ4v) is 2.09. The normalized spacial score (nSPS) is 10.7. The minimum Gasteiger partial charge on any atom is -0.392 e. The number of aromatic nitrogens is 1. The number of hydrogen-bond donors (Lipinski definition) is 1. The summed E-state index contributed by atoms with van der Waals surface area (Å²) in [5.41, 5.74) is 0.928. The number of halogens is 4. The zero-order valence-corrected chi connectivity index (χ0v) is 11.2. The molecule has 2 rings (SSSR count). The van der Waals surface area contributed by atoms with Crippen molar-refractivity contribution in [3.8, 4) is 11.3 Å². The Morgan fingerprint density at radius 3 is 2.33 bits per heavy atom. The van der Waals surface area contributed by atoms with Crippen LogP contribution in [0.15, 0.2) is 24.3 Å². The smallest absolute Gasteiger partial charge is 0.218 e. The van der Waals surface area contributed by atoms with Gasteiger partial charge < -0.3 is 5.11 Å². The third-order valence-electron chi connectivity index (χ3n) is 2.38. The van der Waals surface area contributed by atoms with Crippen molar-refractivity contribution in [1.82, 2.24) is 4.98 Å². The number of rotatable bonds is 2. The second-order valence-corrected chi connectivity index (χ2v) is 4.77. The first-order chi connectivity index (χ1) is 8.52. The topological polar surface area (TPSA) is 33.1 Å². The molecule has 0 unspecified atom stereocenters. The van der Waals surface area contributed by atoms with E-state index in [0.717, 1.165) is 0 Å². The highest BCUT2D eigenvalue weighted by atomic mass is 35.5. The molecule has 0 aliphatic heterocycles. The van der Waals surface area contributed by atoms with E-state index in [-0.39, 0.29) is 5.56 Å². The van der Waals surface area contributed by atoms with E-state index in [1.165, 1.54) is 18.2 Å². The van der Waals surface area contributed by atoms with Crippen molar-refractivity contribution < 1.29 is 9.50 Å². The first kappa shape index (κ1) is 13.6. The van der Waals surface area contributed by atoms with E-state index in [1.807, 2.05) is 0 Å². The molecule has 94 valence electrons. The van der Waals surface area contributed by atoms with Crippen LogP contribution in [0.5, 0.6) is 0 Å². The predicted octanol–water partition coefficient (Wildman–Crippen LogP) is 4.34. The van der Waals surface area contributed by atoms with Gasteiger partial charge in [-0.2, -0.15) is 4.39 Å². The van der Waals surface area contributed by atoms with Gasteiger partial charge in [-0.1, -0.05) is 34.8 Å². The summed E-state index contributed by atoms with van der Waals surface area (Å²) in [6.45, 7) is -0.409. The quantitative estimate of drug-likeness (QED) is 0.661. The SMILES string of the molecule is OCc1ccc(-c2cc(Cl)c(Cl)cc2Cl)nc1F. The molecule has 1 N–H and O–H groups in total. The molecule has 0 aliphatic carbocycles. The second kappa shape index (κ2) is 5.41. The van der Waals surface area contributed by atoms with E-state index in [9.17, 15) is 4.39 Å². The van der Waals surface area contributed by atoms with Crippen LogP contribution in [0.2, 0.25) is 15.1 Å². The van der Waals surface area contributed by atoms with Gasteiger partial charge in [0.25, 0.3) is 0 Å². The number of nitrogens with zero attached hydrogens (tertiary/aromatic N) is 1. The van der Waals surface area contributed by atoms with Crippen molar-refractivity contribution in [1.29, 1.82) is 0 Å². The average molecular weight is 307 g/mol. The molecule has 0 amide bonds. The first-order valence-corrected chi connectivity index (χ1v) is 6.07. The minimum atomic E-state index is -0.739. The van der Waals surface area contributed by atoms with Gasteiger partial charge in [0.05, 0.1) is 27.4 Å². The summed E-state index contributed by atoms with van der Waals surface area (Å²) in [7, 11) is 0. The van der Waals surface area contributed by atoms with Crippen molar-refractivity contribution in [2.24, 2.45) is 0 Å². The van der Waals surface area contributed by atoms with Gasteiger partial charge in [0, 0.05) is 11.1 Å². The van der Waals surface area contributed by atoms with Gasteiger partial charge in [0.1, 0.15) is 0 Å². The van der Waals surface area contributed by atoms with Crippen molar-refractivity contribution in [2.75, 3.05) is 0 Å². The summed E-state index contributed by atoms with van der Waals surface area (Å²) >= 11 is 17.7. The molecular formula is C12H7Cl3FNO. The van der Waals surface area contributed by atoms with Gasteiger partial charge in [-0.25, -0.2) is 4.98 Å². The maximum atomic E-state index is 13.5. The molecule has 0 saturated heterocycles. The van der Waals surface area contributed by atoms with Crippen LogP contribution in [0.25, 0.3) is 11.3 Å². The monoisotopic (exact) mass is 305 g/mol. The molecule has 1 aromatic heterocycles. The fraction of sp³-hybridized carbons (Fsp3) is 0.0833. The van der Waals surface area contributed by atoms with Gasteiger partial charge in [-0.05, 0) is 24.3 Å². The highest BCUT2D eigenvalue weighted by Gasteiger charge is 2.11. The lowest BCUT2D eigenvalue weighted by Crippen LogP contribution is -1.96. The van der Waals surface area contributed by atoms with Crippen LogP contribution in [-0.2, 0) is 6.61 Å². The van der Waals surface area contributed by atoms with Crippen LogP contribution in [0.4, 0.5) is 4.39 Å². The van der Waals surface area contributed by atoms with Gasteiger partial charge in [-0.15, -0.1) is 0 Å². The molecule has 1 heterocycles. The Hall–Kier alpha value is -0.870. The van der Waals surface area contributed by atoms with Crippen LogP contribution in [-0.4, -0.2) is 10.1 Å². The fourth-order valence-electron chi connectivity index (χ4n) is 1.45. The predicted molar refractivity (Wildman–Crippen MR) is 70.6 cm³/mol. The molecule has 0 atom stereocenters. The van der Waals surface area contributed by atoms with Crippen molar-refractivity contribution in [3.05, 3.63) is 50.8 Å². The Labute approximate surface area is 118 Å². The van der Waals surface area contributed by atoms with E-state index in [2.05, 4.69) is 4.98 Å². The molecule has 0 aliphatic rings. The highest BCUT2D eigenvalue weighted by Crippen LogP contribution is 2.34. The number of benzene rings is 1. The van der Waals surface area contributed by atoms with Crippen molar-refractivity contribution >= 4 is 34.8 Å². The molecule has 2 nitrogen and oxygen atoms in total. The lowest BCUT2D eigenvalue weighted by Gasteiger charge is -2.07. The summed E-state index contributed by atoms with van der Waals surface area (Å²) in [4.78, 5) is 3.73. The van der Waals surface area contributed by atoms with E-state index < -0.39 is 12.6 Å². The Morgan fingerprint density at radius 1 is 1.06 bits per heavy atom. The van der Waals surface area contributed by atoms with Crippen LogP contribution in [0, 0.1) is 5.95 Å². The minimum absolute atomic E-state index is 0.120. The molecule has 0 saturated carbocycles. The van der Waals surface area contributed by atoms with Gasteiger partial charge in [-0.3, -0.25) is 0 Å². The summed E-state index contributed by atoms with van der Waals surface area (Å²) < 4.78 is 13.5. The maximum Gasteiger partial charge on any atom is 0.218 e. The summed E-state index contributed by atoms with van der Waals surface area (Å²) in [5, 5.41) is 9.82. The summed E-state index contributed by atoms with van der Waals surface area (Å²) in [6, 6.07) is 5.99. The van der Waals surface area contributed by atoms with E-state index in [0.29, 0.717) is 26.3 Å². The maximum absolute atomic E-state index is 13.5. The standard InChI is InChI=1S/C12H7Cl3FNO/c13-8-4-10(15)9(14)3-7(8)11-2-1-6(5-18)12(16)17-11/h1-4,18H,5H2. The molecule has 6 heteroatoms. The average Bonchev–Trinajstić information content (AvgIpc) is 2.33. The number of aliphatic hydroxyl groups is 1. The first-order valence-electron chi connectivity index (χ1n) is 4.94. The van der Waals surface area contributed by atoms with E-state index in [1.54, 1.807) is 6.07 Å². The molecule has 0 spiro atoms. The molecule has 0 bridgehead atoms. The second-order valence-electron chi connectivity index (χ2n) is 3.55. The van der Waals surface area contributed by atoms with Crippen LogP contribution in [0.1, 0.15) is 5.56 Å². The molecule has 18 heavy (non-hydrogen) atoms. The Morgan fingerprint density at radius 2 is 1.72 bits per heavy atom. The summed E-state index contributed by atoms with van der Waals surface area (Å²) in [5.74, 6) is -0.739. The van der Waals surface area contributed by atoms with Crippen LogP contribution < -0.4 is 0 Å². The largest absolute Gasteiger partial charge is 0.392 e. The third kappa shape index (κ3) is 2.59. The molecule has 0 radical (unpaired) electrons. The number of pyridine rings is 1. The molecular weight excluding hydrogens is 299 g/mol.